The lowest BCUT2D eigenvalue weighted by Crippen LogP contribution is -2.43. The number of thioether (sulfide) groups is 1. The number of carbonyl (C=O) groups excluding carboxylic acids is 1. The van der Waals surface area contributed by atoms with Crippen molar-refractivity contribution in [2.45, 2.75) is 30.9 Å². The Labute approximate surface area is 128 Å². The number of aromatic nitrogens is 3. The van der Waals surface area contributed by atoms with Gasteiger partial charge in [0.1, 0.15) is 5.69 Å². The first-order valence-corrected chi connectivity index (χ1v) is 8.80. The molecule has 2 atom stereocenters. The van der Waals surface area contributed by atoms with E-state index >= 15 is 0 Å². The summed E-state index contributed by atoms with van der Waals surface area (Å²) in [5.41, 5.74) is 0.464. The van der Waals surface area contributed by atoms with Gasteiger partial charge in [0.2, 0.25) is 0 Å². The summed E-state index contributed by atoms with van der Waals surface area (Å²) in [6, 6.07) is 0.353. The molecule has 1 spiro atoms. The molecule has 0 radical (unpaired) electrons. The molecule has 3 aliphatic rings. The molecule has 0 aliphatic carbocycles. The van der Waals surface area contributed by atoms with Crippen molar-refractivity contribution in [3.63, 3.8) is 0 Å². The molecule has 6 nitrogen and oxygen atoms in total. The van der Waals surface area contributed by atoms with Crippen molar-refractivity contribution in [2.75, 3.05) is 31.2 Å². The second-order valence-corrected chi connectivity index (χ2v) is 7.39. The Morgan fingerprint density at radius 2 is 2.43 bits per heavy atom. The minimum atomic E-state index is -0.0584. The molecule has 4 rings (SSSR count). The third-order valence-electron chi connectivity index (χ3n) is 4.83. The Morgan fingerprint density at radius 1 is 1.52 bits per heavy atom. The van der Waals surface area contributed by atoms with Gasteiger partial charge in [-0.2, -0.15) is 11.8 Å². The van der Waals surface area contributed by atoms with Crippen LogP contribution in [0.1, 0.15) is 35.8 Å². The zero-order chi connectivity index (χ0) is 14.3. The molecule has 3 fully saturated rings. The van der Waals surface area contributed by atoms with E-state index in [-0.39, 0.29) is 17.3 Å². The summed E-state index contributed by atoms with van der Waals surface area (Å²) in [6.07, 6.45) is 4.54. The molecule has 1 aromatic heterocycles. The Hall–Kier alpha value is -0.920. The van der Waals surface area contributed by atoms with Crippen molar-refractivity contribution in [3.05, 3.63) is 11.9 Å². The molecule has 0 saturated carbocycles. The third-order valence-corrected chi connectivity index (χ3v) is 6.05. The molecular formula is C14H20N4O2S. The number of nitrogens with one attached hydrogen (secondary N) is 1. The molecule has 1 aromatic rings. The van der Waals surface area contributed by atoms with Crippen molar-refractivity contribution < 1.29 is 9.53 Å². The first-order valence-electron chi connectivity index (χ1n) is 7.64. The molecule has 1 N–H and O–H groups in total. The van der Waals surface area contributed by atoms with E-state index in [1.165, 1.54) is 0 Å². The molecule has 114 valence electrons. The van der Waals surface area contributed by atoms with E-state index in [1.54, 1.807) is 0 Å². The first-order chi connectivity index (χ1) is 10.3. The Kier molecular flexibility index (Phi) is 3.51. The zero-order valence-electron chi connectivity index (χ0n) is 12.0. The van der Waals surface area contributed by atoms with Gasteiger partial charge in [-0.15, -0.1) is 5.10 Å². The summed E-state index contributed by atoms with van der Waals surface area (Å²) in [5.74, 6) is 2.36. The minimum Gasteiger partial charge on any atom is -0.374 e. The lowest BCUT2D eigenvalue weighted by molar-refractivity contribution is -0.0735. The normalized spacial score (nSPS) is 33.2. The standard InChI is InChI=1S/C14H20N4O2S/c19-13(12-8-18(17-16-12)11-6-15-7-11)10-1-3-20-14(5-10)2-4-21-9-14/h8,10-11,15H,1-7,9H2. The highest BCUT2D eigenvalue weighted by Crippen LogP contribution is 2.41. The van der Waals surface area contributed by atoms with Gasteiger partial charge in [-0.25, -0.2) is 4.68 Å². The molecule has 2 unspecified atom stereocenters. The van der Waals surface area contributed by atoms with Crippen LogP contribution in [0.15, 0.2) is 6.20 Å². The minimum absolute atomic E-state index is 0.0436. The number of hydrogen-bond acceptors (Lipinski definition) is 6. The molecule has 7 heteroatoms. The number of ketones is 1. The maximum Gasteiger partial charge on any atom is 0.187 e. The number of ether oxygens (including phenoxy) is 1. The Bertz CT molecular complexity index is 537. The van der Waals surface area contributed by atoms with Crippen LogP contribution in [0.2, 0.25) is 0 Å². The van der Waals surface area contributed by atoms with Crippen LogP contribution < -0.4 is 5.32 Å². The second kappa shape index (κ2) is 5.37. The van der Waals surface area contributed by atoms with E-state index in [1.807, 2.05) is 22.6 Å². The lowest BCUT2D eigenvalue weighted by Gasteiger charge is -2.36. The third kappa shape index (κ3) is 2.51. The van der Waals surface area contributed by atoms with Gasteiger partial charge in [-0.05, 0) is 25.0 Å². The van der Waals surface area contributed by atoms with Crippen LogP contribution in [0.3, 0.4) is 0 Å². The molecule has 0 amide bonds. The highest BCUT2D eigenvalue weighted by molar-refractivity contribution is 7.99. The van der Waals surface area contributed by atoms with Gasteiger partial charge in [0.05, 0.1) is 17.8 Å². The topological polar surface area (TPSA) is 69.0 Å². The number of hydrogen-bond donors (Lipinski definition) is 1. The maximum atomic E-state index is 12.7. The highest BCUT2D eigenvalue weighted by Gasteiger charge is 2.43. The fourth-order valence-electron chi connectivity index (χ4n) is 3.35. The molecule has 3 saturated heterocycles. The first kappa shape index (κ1) is 13.7. The van der Waals surface area contributed by atoms with E-state index in [9.17, 15) is 4.79 Å². The smallest absolute Gasteiger partial charge is 0.187 e. The summed E-state index contributed by atoms with van der Waals surface area (Å²) in [4.78, 5) is 12.7. The monoisotopic (exact) mass is 308 g/mol. The van der Waals surface area contributed by atoms with E-state index in [4.69, 9.17) is 4.74 Å². The van der Waals surface area contributed by atoms with Crippen molar-refractivity contribution in [3.8, 4) is 0 Å². The maximum absolute atomic E-state index is 12.7. The average molecular weight is 308 g/mol. The summed E-state index contributed by atoms with van der Waals surface area (Å²) in [7, 11) is 0. The fourth-order valence-corrected chi connectivity index (χ4v) is 4.73. The van der Waals surface area contributed by atoms with Crippen LogP contribution in [-0.4, -0.2) is 57.6 Å². The fraction of sp³-hybridized carbons (Fsp3) is 0.786. The molecule has 0 aromatic carbocycles. The summed E-state index contributed by atoms with van der Waals surface area (Å²) in [6.45, 7) is 2.51. The van der Waals surface area contributed by atoms with Crippen LogP contribution in [0.25, 0.3) is 0 Å². The van der Waals surface area contributed by atoms with Gasteiger partial charge in [0.25, 0.3) is 0 Å². The van der Waals surface area contributed by atoms with E-state index < -0.39 is 0 Å². The Morgan fingerprint density at radius 3 is 3.14 bits per heavy atom. The second-order valence-electron chi connectivity index (χ2n) is 6.28. The van der Waals surface area contributed by atoms with Gasteiger partial charge in [-0.1, -0.05) is 5.21 Å². The lowest BCUT2D eigenvalue weighted by atomic mass is 9.82. The van der Waals surface area contributed by atoms with Crippen LogP contribution in [0.5, 0.6) is 0 Å². The van der Waals surface area contributed by atoms with Gasteiger partial charge < -0.3 is 10.1 Å². The number of rotatable bonds is 3. The van der Waals surface area contributed by atoms with Crippen molar-refractivity contribution >= 4 is 17.5 Å². The largest absolute Gasteiger partial charge is 0.374 e. The summed E-state index contributed by atoms with van der Waals surface area (Å²) in [5, 5.41) is 11.4. The van der Waals surface area contributed by atoms with Gasteiger partial charge in [0, 0.05) is 31.4 Å². The number of carbonyl (C=O) groups is 1. The molecule has 4 heterocycles. The Balaban J connectivity index is 1.47. The average Bonchev–Trinajstić information content (AvgIpc) is 3.07. The molecule has 3 aliphatic heterocycles. The van der Waals surface area contributed by atoms with Crippen molar-refractivity contribution in [2.24, 2.45) is 5.92 Å². The predicted octanol–water partition coefficient (Wildman–Crippen LogP) is 0.907. The van der Waals surface area contributed by atoms with E-state index in [0.29, 0.717) is 18.3 Å². The highest BCUT2D eigenvalue weighted by atomic mass is 32.2. The van der Waals surface area contributed by atoms with Crippen LogP contribution in [-0.2, 0) is 4.74 Å². The van der Waals surface area contributed by atoms with Crippen LogP contribution in [0.4, 0.5) is 0 Å². The SMILES string of the molecule is O=C(c1cn(C2CNC2)nn1)C1CCOC2(CCSC2)C1. The number of Topliss-reactive ketones (excluding diaryl/α,β-unsaturated/α-hetero) is 1. The van der Waals surface area contributed by atoms with Crippen LogP contribution >= 0.6 is 11.8 Å². The van der Waals surface area contributed by atoms with Crippen LogP contribution in [0, 0.1) is 5.92 Å². The quantitative estimate of drug-likeness (QED) is 0.837. The van der Waals surface area contributed by atoms with Gasteiger partial charge in [0.15, 0.2) is 5.78 Å². The van der Waals surface area contributed by atoms with E-state index in [0.717, 1.165) is 43.9 Å². The summed E-state index contributed by atoms with van der Waals surface area (Å²) >= 11 is 1.93. The molecular weight excluding hydrogens is 288 g/mol. The molecule has 0 bridgehead atoms. The summed E-state index contributed by atoms with van der Waals surface area (Å²) < 4.78 is 7.81. The van der Waals surface area contributed by atoms with Gasteiger partial charge >= 0.3 is 0 Å². The van der Waals surface area contributed by atoms with Crippen molar-refractivity contribution in [1.82, 2.24) is 20.3 Å². The number of nitrogens with zero attached hydrogens (tertiary/aromatic N) is 3. The zero-order valence-corrected chi connectivity index (χ0v) is 12.8. The van der Waals surface area contributed by atoms with Gasteiger partial charge in [-0.3, -0.25) is 4.79 Å². The predicted molar refractivity (Wildman–Crippen MR) is 79.6 cm³/mol. The van der Waals surface area contributed by atoms with E-state index in [2.05, 4.69) is 15.6 Å². The van der Waals surface area contributed by atoms with Crippen molar-refractivity contribution in [1.29, 1.82) is 0 Å². The molecule has 21 heavy (non-hydrogen) atoms.